The van der Waals surface area contributed by atoms with Gasteiger partial charge in [-0.2, -0.15) is 0 Å². The van der Waals surface area contributed by atoms with Gasteiger partial charge in [-0.1, -0.05) is 30.3 Å². The zero-order valence-corrected chi connectivity index (χ0v) is 11.1. The minimum Gasteiger partial charge on any atom is -0.480 e. The van der Waals surface area contributed by atoms with E-state index in [0.717, 1.165) is 5.56 Å². The molecule has 0 amide bonds. The van der Waals surface area contributed by atoms with Crippen LogP contribution in [0, 0.1) is 0 Å². The van der Waals surface area contributed by atoms with Crippen LogP contribution in [0.2, 0.25) is 0 Å². The first-order valence-corrected chi connectivity index (χ1v) is 4.88. The Morgan fingerprint density at radius 3 is 2.35 bits per heavy atom. The summed E-state index contributed by atoms with van der Waals surface area (Å²) >= 11 is 0. The summed E-state index contributed by atoms with van der Waals surface area (Å²) < 4.78 is 0. The predicted molar refractivity (Wildman–Crippen MR) is 73.0 cm³/mol. The van der Waals surface area contributed by atoms with Gasteiger partial charge in [-0.3, -0.25) is 4.79 Å². The van der Waals surface area contributed by atoms with E-state index in [0.29, 0.717) is 0 Å². The minimum absolute atomic E-state index is 0. The van der Waals surface area contributed by atoms with Crippen molar-refractivity contribution in [2.45, 2.75) is 19.0 Å². The standard InChI is InChI=1S/C11H16N2O2.2ClH/c1-8(9-5-3-2-4-6-9)13-7-10(12)11(14)15;;/h2-6,8,10,13H,7,12H2,1H3,(H,14,15);2*1H. The molecule has 1 aromatic carbocycles. The van der Waals surface area contributed by atoms with E-state index in [2.05, 4.69) is 5.32 Å². The first-order chi connectivity index (χ1) is 7.11. The quantitative estimate of drug-likeness (QED) is 0.766. The van der Waals surface area contributed by atoms with Crippen molar-refractivity contribution >= 4 is 30.8 Å². The van der Waals surface area contributed by atoms with Crippen molar-refractivity contribution in [2.75, 3.05) is 6.54 Å². The Hall–Kier alpha value is -0.810. The molecule has 0 aromatic heterocycles. The van der Waals surface area contributed by atoms with Gasteiger partial charge in [0, 0.05) is 12.6 Å². The van der Waals surface area contributed by atoms with Gasteiger partial charge < -0.3 is 16.2 Å². The lowest BCUT2D eigenvalue weighted by molar-refractivity contribution is -0.138. The van der Waals surface area contributed by atoms with Gasteiger partial charge in [0.2, 0.25) is 0 Å². The molecule has 1 aromatic rings. The van der Waals surface area contributed by atoms with Crippen molar-refractivity contribution in [3.63, 3.8) is 0 Å². The summed E-state index contributed by atoms with van der Waals surface area (Å²) in [6, 6.07) is 9.08. The van der Waals surface area contributed by atoms with Crippen molar-refractivity contribution in [3.05, 3.63) is 35.9 Å². The number of hydrogen-bond donors (Lipinski definition) is 3. The molecule has 2 atom stereocenters. The molecule has 0 aliphatic carbocycles. The smallest absolute Gasteiger partial charge is 0.321 e. The zero-order chi connectivity index (χ0) is 11.3. The van der Waals surface area contributed by atoms with Gasteiger partial charge in [0.25, 0.3) is 0 Å². The SMILES string of the molecule is CC(NCC(N)C(=O)O)c1ccccc1.Cl.Cl. The third-order valence-electron chi connectivity index (χ3n) is 2.26. The highest BCUT2D eigenvalue weighted by Gasteiger charge is 2.12. The predicted octanol–water partition coefficient (Wildman–Crippen LogP) is 1.59. The molecule has 6 heteroatoms. The summed E-state index contributed by atoms with van der Waals surface area (Å²) in [6.45, 7) is 2.25. The topological polar surface area (TPSA) is 75.3 Å². The second kappa shape index (κ2) is 9.24. The molecular weight excluding hydrogens is 263 g/mol. The molecule has 0 fully saturated rings. The first-order valence-electron chi connectivity index (χ1n) is 4.88. The summed E-state index contributed by atoms with van der Waals surface area (Å²) in [6.07, 6.45) is 0. The molecule has 0 aliphatic heterocycles. The summed E-state index contributed by atoms with van der Waals surface area (Å²) in [5, 5.41) is 11.7. The molecule has 98 valence electrons. The number of hydrogen-bond acceptors (Lipinski definition) is 3. The average molecular weight is 281 g/mol. The van der Waals surface area contributed by atoms with Gasteiger partial charge in [-0.15, -0.1) is 24.8 Å². The van der Waals surface area contributed by atoms with E-state index in [4.69, 9.17) is 10.8 Å². The van der Waals surface area contributed by atoms with Crippen LogP contribution >= 0.6 is 24.8 Å². The van der Waals surface area contributed by atoms with E-state index in [-0.39, 0.29) is 37.4 Å². The summed E-state index contributed by atoms with van der Waals surface area (Å²) in [5.74, 6) is -0.984. The van der Waals surface area contributed by atoms with Gasteiger partial charge in [0.1, 0.15) is 6.04 Å². The number of carboxylic acids is 1. The number of carbonyl (C=O) groups is 1. The number of halogens is 2. The van der Waals surface area contributed by atoms with Gasteiger partial charge >= 0.3 is 5.97 Å². The van der Waals surface area contributed by atoms with Crippen molar-refractivity contribution in [1.82, 2.24) is 5.32 Å². The fraction of sp³-hybridized carbons (Fsp3) is 0.364. The fourth-order valence-corrected chi connectivity index (χ4v) is 1.25. The van der Waals surface area contributed by atoms with E-state index in [1.165, 1.54) is 0 Å². The maximum Gasteiger partial charge on any atom is 0.321 e. The van der Waals surface area contributed by atoms with Crippen LogP contribution in [0.1, 0.15) is 18.5 Å². The highest BCUT2D eigenvalue weighted by molar-refractivity contribution is 5.85. The molecular formula is C11H18Cl2N2O2. The number of carboxylic acid groups (broad SMARTS) is 1. The Labute approximate surface area is 113 Å². The van der Waals surface area contributed by atoms with Crippen LogP contribution in [0.25, 0.3) is 0 Å². The van der Waals surface area contributed by atoms with E-state index in [1.54, 1.807) is 0 Å². The normalized spacial score (nSPS) is 12.8. The molecule has 0 bridgehead atoms. The molecule has 2 unspecified atom stereocenters. The molecule has 0 radical (unpaired) electrons. The monoisotopic (exact) mass is 280 g/mol. The van der Waals surface area contributed by atoms with Gasteiger partial charge in [0.05, 0.1) is 0 Å². The second-order valence-electron chi connectivity index (χ2n) is 3.49. The van der Waals surface area contributed by atoms with Crippen LogP contribution in [0.3, 0.4) is 0 Å². The second-order valence-corrected chi connectivity index (χ2v) is 3.49. The maximum absolute atomic E-state index is 10.5. The van der Waals surface area contributed by atoms with Gasteiger partial charge in [-0.05, 0) is 12.5 Å². The third kappa shape index (κ3) is 6.48. The van der Waals surface area contributed by atoms with Crippen molar-refractivity contribution in [2.24, 2.45) is 5.73 Å². The number of nitrogens with two attached hydrogens (primary N) is 1. The molecule has 0 saturated heterocycles. The van der Waals surface area contributed by atoms with Crippen molar-refractivity contribution in [3.8, 4) is 0 Å². The maximum atomic E-state index is 10.5. The number of aliphatic carboxylic acids is 1. The summed E-state index contributed by atoms with van der Waals surface area (Å²) in [4.78, 5) is 10.5. The molecule has 4 N–H and O–H groups in total. The molecule has 1 rings (SSSR count). The Morgan fingerprint density at radius 1 is 1.35 bits per heavy atom. The lowest BCUT2D eigenvalue weighted by Crippen LogP contribution is -2.41. The third-order valence-corrected chi connectivity index (χ3v) is 2.26. The molecule has 0 spiro atoms. The lowest BCUT2D eigenvalue weighted by atomic mass is 10.1. The first kappa shape index (κ1) is 18.6. The number of rotatable bonds is 5. The molecule has 0 saturated carbocycles. The molecule has 17 heavy (non-hydrogen) atoms. The Bertz CT molecular complexity index is 323. The minimum atomic E-state index is -0.984. The summed E-state index contributed by atoms with van der Waals surface area (Å²) in [7, 11) is 0. The van der Waals surface area contributed by atoms with E-state index in [9.17, 15) is 4.79 Å². The molecule has 0 aliphatic rings. The highest BCUT2D eigenvalue weighted by atomic mass is 35.5. The van der Waals surface area contributed by atoms with Crippen LogP contribution in [0.5, 0.6) is 0 Å². The van der Waals surface area contributed by atoms with E-state index in [1.807, 2.05) is 37.3 Å². The molecule has 4 nitrogen and oxygen atoms in total. The number of nitrogens with one attached hydrogen (secondary N) is 1. The van der Waals surface area contributed by atoms with Crippen molar-refractivity contribution < 1.29 is 9.90 Å². The summed E-state index contributed by atoms with van der Waals surface area (Å²) in [5.41, 5.74) is 6.50. The van der Waals surface area contributed by atoms with Crippen LogP contribution in [0.15, 0.2) is 30.3 Å². The largest absolute Gasteiger partial charge is 0.480 e. The zero-order valence-electron chi connectivity index (χ0n) is 9.50. The highest BCUT2D eigenvalue weighted by Crippen LogP contribution is 2.10. The van der Waals surface area contributed by atoms with E-state index >= 15 is 0 Å². The van der Waals surface area contributed by atoms with Crippen LogP contribution < -0.4 is 11.1 Å². The van der Waals surface area contributed by atoms with Gasteiger partial charge in [0.15, 0.2) is 0 Å². The fourth-order valence-electron chi connectivity index (χ4n) is 1.25. The number of benzene rings is 1. The Morgan fingerprint density at radius 2 is 1.88 bits per heavy atom. The van der Waals surface area contributed by atoms with Crippen molar-refractivity contribution in [1.29, 1.82) is 0 Å². The van der Waals surface area contributed by atoms with Crippen LogP contribution in [0.4, 0.5) is 0 Å². The van der Waals surface area contributed by atoms with E-state index < -0.39 is 12.0 Å². The van der Waals surface area contributed by atoms with Gasteiger partial charge in [-0.25, -0.2) is 0 Å². The Balaban J connectivity index is 0. The average Bonchev–Trinajstić information content (AvgIpc) is 2.26. The van der Waals surface area contributed by atoms with Crippen LogP contribution in [-0.2, 0) is 4.79 Å². The molecule has 0 heterocycles. The lowest BCUT2D eigenvalue weighted by Gasteiger charge is -2.15. The Kier molecular flexibility index (Phi) is 10.1. The van der Waals surface area contributed by atoms with Crippen LogP contribution in [-0.4, -0.2) is 23.7 Å².